The number of hydrogen-bond donors (Lipinski definition) is 1. The van der Waals surface area contributed by atoms with Crippen molar-refractivity contribution in [3.05, 3.63) is 29.3 Å². The van der Waals surface area contributed by atoms with Gasteiger partial charge in [-0.05, 0) is 54.9 Å². The molecule has 0 fully saturated rings. The number of fused-ring (bicyclic) bond motifs is 1. The third-order valence-electron chi connectivity index (χ3n) is 3.31. The first-order valence-corrected chi connectivity index (χ1v) is 8.09. The molecule has 0 saturated heterocycles. The summed E-state index contributed by atoms with van der Waals surface area (Å²) in [6, 6.07) is 5.54. The van der Waals surface area contributed by atoms with Gasteiger partial charge in [0.1, 0.15) is 0 Å². The second kappa shape index (κ2) is 5.41. The largest absolute Gasteiger partial charge is 0.240 e. The van der Waals surface area contributed by atoms with Crippen molar-refractivity contribution >= 4 is 10.0 Å². The Kier molecular flexibility index (Phi) is 4.07. The molecule has 2 rings (SSSR count). The highest BCUT2D eigenvalue weighted by Gasteiger charge is 2.17. The van der Waals surface area contributed by atoms with Crippen LogP contribution in [0, 0.1) is 5.92 Å². The number of sulfonamides is 1. The van der Waals surface area contributed by atoms with E-state index in [9.17, 15) is 8.42 Å². The van der Waals surface area contributed by atoms with Crippen LogP contribution in [0.15, 0.2) is 23.1 Å². The predicted octanol–water partition coefficient (Wildman–Crippen LogP) is 2.50. The van der Waals surface area contributed by atoms with E-state index in [4.69, 9.17) is 0 Å². The second-order valence-corrected chi connectivity index (χ2v) is 7.15. The number of aryl methyl sites for hydroxylation is 2. The lowest BCUT2D eigenvalue weighted by molar-refractivity contribution is 0.559. The molecule has 100 valence electrons. The van der Waals surface area contributed by atoms with E-state index in [-0.39, 0.29) is 0 Å². The molecule has 1 aliphatic carbocycles. The summed E-state index contributed by atoms with van der Waals surface area (Å²) in [5.74, 6) is 0.317. The molecule has 0 saturated carbocycles. The van der Waals surface area contributed by atoms with Gasteiger partial charge in [0.15, 0.2) is 0 Å². The van der Waals surface area contributed by atoms with Gasteiger partial charge in [-0.25, -0.2) is 13.1 Å². The smallest absolute Gasteiger partial charge is 0.211 e. The summed E-state index contributed by atoms with van der Waals surface area (Å²) in [6.07, 6.45) is 4.46. The monoisotopic (exact) mass is 267 g/mol. The fourth-order valence-corrected chi connectivity index (χ4v) is 3.50. The zero-order valence-corrected chi connectivity index (χ0v) is 11.9. The standard InChI is InChI=1S/C14H21NO2S/c1-11(2)10-15-18(16,17)14-8-7-12-5-3-4-6-13(12)9-14/h7-9,11,15H,3-6,10H2,1-2H3. The quantitative estimate of drug-likeness (QED) is 0.911. The maximum Gasteiger partial charge on any atom is 0.240 e. The van der Waals surface area contributed by atoms with Crippen LogP contribution in [0.1, 0.15) is 37.8 Å². The maximum absolute atomic E-state index is 12.1. The summed E-state index contributed by atoms with van der Waals surface area (Å²) in [4.78, 5) is 0.406. The van der Waals surface area contributed by atoms with Gasteiger partial charge in [-0.1, -0.05) is 19.9 Å². The summed E-state index contributed by atoms with van der Waals surface area (Å²) in [7, 11) is -3.34. The molecule has 18 heavy (non-hydrogen) atoms. The highest BCUT2D eigenvalue weighted by atomic mass is 32.2. The van der Waals surface area contributed by atoms with Crippen molar-refractivity contribution in [3.8, 4) is 0 Å². The van der Waals surface area contributed by atoms with Gasteiger partial charge in [0, 0.05) is 6.54 Å². The zero-order valence-electron chi connectivity index (χ0n) is 11.1. The van der Waals surface area contributed by atoms with E-state index >= 15 is 0 Å². The van der Waals surface area contributed by atoms with Gasteiger partial charge in [-0.2, -0.15) is 0 Å². The average molecular weight is 267 g/mol. The van der Waals surface area contributed by atoms with Crippen molar-refractivity contribution in [3.63, 3.8) is 0 Å². The Morgan fingerprint density at radius 3 is 2.50 bits per heavy atom. The van der Waals surface area contributed by atoms with Gasteiger partial charge in [0.2, 0.25) is 10.0 Å². The van der Waals surface area contributed by atoms with Gasteiger partial charge in [-0.3, -0.25) is 0 Å². The van der Waals surface area contributed by atoms with E-state index in [1.165, 1.54) is 17.5 Å². The summed E-state index contributed by atoms with van der Waals surface area (Å²) < 4.78 is 26.9. The summed E-state index contributed by atoms with van der Waals surface area (Å²) in [5, 5.41) is 0. The highest BCUT2D eigenvalue weighted by Crippen LogP contribution is 2.23. The zero-order chi connectivity index (χ0) is 13.2. The molecule has 0 aliphatic heterocycles. The third-order valence-corrected chi connectivity index (χ3v) is 4.73. The van der Waals surface area contributed by atoms with Crippen molar-refractivity contribution in [2.75, 3.05) is 6.54 Å². The van der Waals surface area contributed by atoms with Crippen LogP contribution in [0.2, 0.25) is 0 Å². The molecule has 0 atom stereocenters. The fourth-order valence-electron chi connectivity index (χ4n) is 2.24. The molecule has 0 spiro atoms. The number of benzene rings is 1. The highest BCUT2D eigenvalue weighted by molar-refractivity contribution is 7.89. The molecule has 0 heterocycles. The molecule has 1 aromatic rings. The van der Waals surface area contributed by atoms with Crippen LogP contribution in [0.3, 0.4) is 0 Å². The molecule has 0 aromatic heterocycles. The van der Waals surface area contributed by atoms with Crippen molar-refractivity contribution in [2.45, 2.75) is 44.4 Å². The number of rotatable bonds is 4. The lowest BCUT2D eigenvalue weighted by atomic mass is 9.92. The summed E-state index contributed by atoms with van der Waals surface area (Å²) in [6.45, 7) is 4.48. The van der Waals surface area contributed by atoms with Crippen LogP contribution in [-0.2, 0) is 22.9 Å². The minimum atomic E-state index is -3.34. The molecule has 1 N–H and O–H groups in total. The third kappa shape index (κ3) is 3.12. The Labute approximate surface area is 110 Å². The van der Waals surface area contributed by atoms with Crippen LogP contribution in [0.5, 0.6) is 0 Å². The first-order valence-electron chi connectivity index (χ1n) is 6.60. The normalized spacial score (nSPS) is 15.7. The average Bonchev–Trinajstić information content (AvgIpc) is 2.36. The molecule has 0 bridgehead atoms. The first kappa shape index (κ1) is 13.6. The second-order valence-electron chi connectivity index (χ2n) is 5.38. The fraction of sp³-hybridized carbons (Fsp3) is 0.571. The van der Waals surface area contributed by atoms with Crippen LogP contribution in [-0.4, -0.2) is 15.0 Å². The van der Waals surface area contributed by atoms with E-state index in [0.29, 0.717) is 17.4 Å². The van der Waals surface area contributed by atoms with E-state index < -0.39 is 10.0 Å². The molecule has 0 radical (unpaired) electrons. The first-order chi connectivity index (χ1) is 8.49. The van der Waals surface area contributed by atoms with E-state index in [2.05, 4.69) is 4.72 Å². The van der Waals surface area contributed by atoms with E-state index in [0.717, 1.165) is 19.3 Å². The van der Waals surface area contributed by atoms with Gasteiger partial charge >= 0.3 is 0 Å². The van der Waals surface area contributed by atoms with Crippen molar-refractivity contribution in [1.29, 1.82) is 0 Å². The molecule has 1 aliphatic rings. The Bertz CT molecular complexity index is 521. The van der Waals surface area contributed by atoms with Gasteiger partial charge in [-0.15, -0.1) is 0 Å². The van der Waals surface area contributed by atoms with E-state index in [1.807, 2.05) is 26.0 Å². The number of nitrogens with one attached hydrogen (secondary N) is 1. The molecular weight excluding hydrogens is 246 g/mol. The molecule has 4 heteroatoms. The molecule has 1 aromatic carbocycles. The Balaban J connectivity index is 2.22. The molecular formula is C14H21NO2S. The maximum atomic E-state index is 12.1. The Morgan fingerprint density at radius 2 is 1.83 bits per heavy atom. The topological polar surface area (TPSA) is 46.2 Å². The van der Waals surface area contributed by atoms with Crippen molar-refractivity contribution in [2.24, 2.45) is 5.92 Å². The molecule has 0 unspecified atom stereocenters. The molecule has 0 amide bonds. The lowest BCUT2D eigenvalue weighted by Gasteiger charge is -2.17. The van der Waals surface area contributed by atoms with Gasteiger partial charge < -0.3 is 0 Å². The molecule has 3 nitrogen and oxygen atoms in total. The minimum absolute atomic E-state index is 0.317. The van der Waals surface area contributed by atoms with Crippen LogP contribution in [0.4, 0.5) is 0 Å². The van der Waals surface area contributed by atoms with Gasteiger partial charge in [0.25, 0.3) is 0 Å². The van der Waals surface area contributed by atoms with E-state index in [1.54, 1.807) is 6.07 Å². The van der Waals surface area contributed by atoms with Gasteiger partial charge in [0.05, 0.1) is 4.90 Å². The minimum Gasteiger partial charge on any atom is -0.211 e. The Hall–Kier alpha value is -0.870. The number of hydrogen-bond acceptors (Lipinski definition) is 2. The van der Waals surface area contributed by atoms with Crippen LogP contribution in [0.25, 0.3) is 0 Å². The van der Waals surface area contributed by atoms with Crippen molar-refractivity contribution in [1.82, 2.24) is 4.72 Å². The summed E-state index contributed by atoms with van der Waals surface area (Å²) >= 11 is 0. The lowest BCUT2D eigenvalue weighted by Crippen LogP contribution is -2.27. The predicted molar refractivity (Wildman–Crippen MR) is 73.1 cm³/mol. The van der Waals surface area contributed by atoms with Crippen molar-refractivity contribution < 1.29 is 8.42 Å². The SMILES string of the molecule is CC(C)CNS(=O)(=O)c1ccc2c(c1)CCCC2. The van der Waals surface area contributed by atoms with Crippen LogP contribution >= 0.6 is 0 Å². The summed E-state index contributed by atoms with van der Waals surface area (Å²) in [5.41, 5.74) is 2.51. The van der Waals surface area contributed by atoms with Crippen LogP contribution < -0.4 is 4.72 Å². The Morgan fingerprint density at radius 1 is 1.17 bits per heavy atom.